The quantitative estimate of drug-likeness (QED) is 0.733. The molecule has 0 unspecified atom stereocenters. The zero-order valence-electron chi connectivity index (χ0n) is 10.1. The lowest BCUT2D eigenvalue weighted by molar-refractivity contribution is 1.03. The van der Waals surface area contributed by atoms with E-state index in [1.54, 1.807) is 0 Å². The van der Waals surface area contributed by atoms with Crippen molar-refractivity contribution in [2.24, 2.45) is 0 Å². The molecule has 0 radical (unpaired) electrons. The molecule has 0 bridgehead atoms. The van der Waals surface area contributed by atoms with Gasteiger partial charge >= 0.3 is 0 Å². The average Bonchev–Trinajstić information content (AvgIpc) is 2.30. The molecule has 0 aliphatic carbocycles. The van der Waals surface area contributed by atoms with Gasteiger partial charge in [-0.1, -0.05) is 36.8 Å². The van der Waals surface area contributed by atoms with E-state index in [1.165, 1.54) is 16.7 Å². The van der Waals surface area contributed by atoms with Gasteiger partial charge in [-0.05, 0) is 38.0 Å². The van der Waals surface area contributed by atoms with Crippen molar-refractivity contribution in [1.29, 1.82) is 0 Å². The zero-order valence-corrected chi connectivity index (χ0v) is 10.1. The number of hydrogen-bond acceptors (Lipinski definition) is 1. The number of aryl methyl sites for hydroxylation is 3. The molecule has 1 heteroatoms. The summed E-state index contributed by atoms with van der Waals surface area (Å²) in [7, 11) is 0. The van der Waals surface area contributed by atoms with Crippen LogP contribution in [-0.4, -0.2) is 4.98 Å². The second-order valence-electron chi connectivity index (χ2n) is 4.19. The molecule has 0 amide bonds. The van der Waals surface area contributed by atoms with Crippen LogP contribution in [-0.2, 0) is 6.42 Å². The van der Waals surface area contributed by atoms with Crippen LogP contribution in [0.25, 0.3) is 11.3 Å². The van der Waals surface area contributed by atoms with Gasteiger partial charge in [0.1, 0.15) is 0 Å². The van der Waals surface area contributed by atoms with Gasteiger partial charge < -0.3 is 0 Å². The Balaban J connectivity index is 2.54. The predicted molar refractivity (Wildman–Crippen MR) is 68.5 cm³/mol. The Morgan fingerprint density at radius 3 is 2.56 bits per heavy atom. The van der Waals surface area contributed by atoms with Crippen molar-refractivity contribution in [2.75, 3.05) is 0 Å². The number of aromatic nitrogens is 1. The number of pyridine rings is 1. The van der Waals surface area contributed by atoms with E-state index >= 15 is 0 Å². The van der Waals surface area contributed by atoms with Crippen molar-refractivity contribution >= 4 is 0 Å². The van der Waals surface area contributed by atoms with Gasteiger partial charge in [0.05, 0.1) is 5.69 Å². The highest BCUT2D eigenvalue weighted by Crippen LogP contribution is 2.22. The standard InChI is InChI=1S/C15H17N/c1-4-14-9-8-12(3)15(16-14)13-7-5-6-11(2)10-13/h5-10H,4H2,1-3H3. The van der Waals surface area contributed by atoms with Gasteiger partial charge in [0.2, 0.25) is 0 Å². The zero-order chi connectivity index (χ0) is 11.5. The highest BCUT2D eigenvalue weighted by molar-refractivity contribution is 5.63. The van der Waals surface area contributed by atoms with Crippen LogP contribution in [0.15, 0.2) is 36.4 Å². The summed E-state index contributed by atoms with van der Waals surface area (Å²) in [5.74, 6) is 0. The molecule has 82 valence electrons. The molecule has 2 aromatic rings. The molecule has 16 heavy (non-hydrogen) atoms. The summed E-state index contributed by atoms with van der Waals surface area (Å²) in [5, 5.41) is 0. The molecule has 0 aliphatic heterocycles. The van der Waals surface area contributed by atoms with Crippen molar-refractivity contribution in [1.82, 2.24) is 4.98 Å². The monoisotopic (exact) mass is 211 g/mol. The van der Waals surface area contributed by atoms with Crippen LogP contribution in [0, 0.1) is 13.8 Å². The molecule has 0 saturated carbocycles. The van der Waals surface area contributed by atoms with Crippen LogP contribution in [0.5, 0.6) is 0 Å². The van der Waals surface area contributed by atoms with E-state index in [2.05, 4.69) is 57.2 Å². The molecule has 0 N–H and O–H groups in total. The topological polar surface area (TPSA) is 12.9 Å². The molecule has 1 heterocycles. The van der Waals surface area contributed by atoms with E-state index in [0.29, 0.717) is 0 Å². The number of nitrogens with zero attached hydrogens (tertiary/aromatic N) is 1. The first-order valence-corrected chi connectivity index (χ1v) is 5.74. The molecular formula is C15H17N. The molecule has 1 aromatic heterocycles. The Morgan fingerprint density at radius 1 is 1.06 bits per heavy atom. The van der Waals surface area contributed by atoms with Gasteiger partial charge in [-0.25, -0.2) is 0 Å². The van der Waals surface area contributed by atoms with E-state index < -0.39 is 0 Å². The first-order valence-electron chi connectivity index (χ1n) is 5.74. The minimum absolute atomic E-state index is 0.985. The maximum Gasteiger partial charge on any atom is 0.0734 e. The van der Waals surface area contributed by atoms with E-state index in [0.717, 1.165) is 17.8 Å². The van der Waals surface area contributed by atoms with Gasteiger partial charge in [-0.2, -0.15) is 0 Å². The molecule has 0 fully saturated rings. The number of rotatable bonds is 2. The normalized spacial score (nSPS) is 10.4. The van der Waals surface area contributed by atoms with Crippen molar-refractivity contribution < 1.29 is 0 Å². The average molecular weight is 211 g/mol. The fourth-order valence-electron chi connectivity index (χ4n) is 1.85. The highest BCUT2D eigenvalue weighted by atomic mass is 14.7. The van der Waals surface area contributed by atoms with Gasteiger partial charge in [0.15, 0.2) is 0 Å². The molecule has 0 aliphatic rings. The van der Waals surface area contributed by atoms with Gasteiger partial charge in [0, 0.05) is 11.3 Å². The predicted octanol–water partition coefficient (Wildman–Crippen LogP) is 3.93. The lowest BCUT2D eigenvalue weighted by Gasteiger charge is -2.07. The van der Waals surface area contributed by atoms with Gasteiger partial charge in [-0.3, -0.25) is 4.98 Å². The van der Waals surface area contributed by atoms with Crippen LogP contribution in [0.4, 0.5) is 0 Å². The maximum absolute atomic E-state index is 4.70. The van der Waals surface area contributed by atoms with Crippen LogP contribution in [0.3, 0.4) is 0 Å². The van der Waals surface area contributed by atoms with Crippen molar-refractivity contribution in [3.8, 4) is 11.3 Å². The summed E-state index contributed by atoms with van der Waals surface area (Å²) in [4.78, 5) is 4.70. The van der Waals surface area contributed by atoms with Crippen molar-refractivity contribution in [2.45, 2.75) is 27.2 Å². The number of hydrogen-bond donors (Lipinski definition) is 0. The third kappa shape index (κ3) is 2.13. The van der Waals surface area contributed by atoms with Gasteiger partial charge in [-0.15, -0.1) is 0 Å². The third-order valence-corrected chi connectivity index (χ3v) is 2.81. The second kappa shape index (κ2) is 4.48. The van der Waals surface area contributed by atoms with Crippen LogP contribution >= 0.6 is 0 Å². The Kier molecular flexibility index (Phi) is 3.04. The summed E-state index contributed by atoms with van der Waals surface area (Å²) in [6.07, 6.45) is 0.985. The summed E-state index contributed by atoms with van der Waals surface area (Å²) in [6.45, 7) is 6.37. The molecular weight excluding hydrogens is 194 g/mol. The summed E-state index contributed by atoms with van der Waals surface area (Å²) < 4.78 is 0. The molecule has 1 nitrogen and oxygen atoms in total. The Bertz CT molecular complexity index is 501. The van der Waals surface area contributed by atoms with Crippen molar-refractivity contribution in [3.05, 3.63) is 53.2 Å². The minimum atomic E-state index is 0.985. The molecule has 1 aromatic carbocycles. The lowest BCUT2D eigenvalue weighted by atomic mass is 10.0. The Labute approximate surface area is 97.2 Å². The molecule has 0 spiro atoms. The fourth-order valence-corrected chi connectivity index (χ4v) is 1.85. The molecule has 2 rings (SSSR count). The highest BCUT2D eigenvalue weighted by Gasteiger charge is 2.04. The minimum Gasteiger partial charge on any atom is -0.253 e. The second-order valence-corrected chi connectivity index (χ2v) is 4.19. The van der Waals surface area contributed by atoms with Crippen LogP contribution < -0.4 is 0 Å². The third-order valence-electron chi connectivity index (χ3n) is 2.81. The Hall–Kier alpha value is -1.63. The molecule has 0 atom stereocenters. The number of benzene rings is 1. The van der Waals surface area contributed by atoms with E-state index in [1.807, 2.05) is 0 Å². The lowest BCUT2D eigenvalue weighted by Crippen LogP contribution is -1.93. The summed E-state index contributed by atoms with van der Waals surface area (Å²) >= 11 is 0. The van der Waals surface area contributed by atoms with Gasteiger partial charge in [0.25, 0.3) is 0 Å². The first-order chi connectivity index (χ1) is 7.70. The smallest absolute Gasteiger partial charge is 0.0734 e. The van der Waals surface area contributed by atoms with E-state index in [-0.39, 0.29) is 0 Å². The largest absolute Gasteiger partial charge is 0.253 e. The molecule has 0 saturated heterocycles. The Morgan fingerprint density at radius 2 is 1.88 bits per heavy atom. The van der Waals surface area contributed by atoms with Crippen molar-refractivity contribution in [3.63, 3.8) is 0 Å². The van der Waals surface area contributed by atoms with Crippen LogP contribution in [0.2, 0.25) is 0 Å². The van der Waals surface area contributed by atoms with E-state index in [4.69, 9.17) is 4.98 Å². The maximum atomic E-state index is 4.70. The summed E-state index contributed by atoms with van der Waals surface area (Å²) in [6, 6.07) is 12.8. The fraction of sp³-hybridized carbons (Fsp3) is 0.267. The van der Waals surface area contributed by atoms with Crippen LogP contribution in [0.1, 0.15) is 23.7 Å². The summed E-state index contributed by atoms with van der Waals surface area (Å²) in [5.41, 5.74) is 6.00. The SMILES string of the molecule is CCc1ccc(C)c(-c2cccc(C)c2)n1. The first kappa shape index (κ1) is 10.9. The van der Waals surface area contributed by atoms with E-state index in [9.17, 15) is 0 Å².